The molecule has 0 spiro atoms. The summed E-state index contributed by atoms with van der Waals surface area (Å²) in [6, 6.07) is 8.29. The van der Waals surface area contributed by atoms with E-state index in [4.69, 9.17) is 9.47 Å². The van der Waals surface area contributed by atoms with Crippen LogP contribution in [0.2, 0.25) is 0 Å². The molecule has 0 saturated carbocycles. The van der Waals surface area contributed by atoms with Gasteiger partial charge in [-0.25, -0.2) is 0 Å². The minimum atomic E-state index is -3.76. The van der Waals surface area contributed by atoms with Crippen molar-refractivity contribution >= 4 is 39.5 Å². The summed E-state index contributed by atoms with van der Waals surface area (Å²) in [7, 11) is -2.61. The maximum absolute atomic E-state index is 11.5. The number of hydrogen-bond acceptors (Lipinski definition) is 5. The van der Waals surface area contributed by atoms with Gasteiger partial charge in [-0.15, -0.1) is 0 Å². The fourth-order valence-electron chi connectivity index (χ4n) is 2.10. The number of halogens is 2. The molecule has 0 aromatic heterocycles. The van der Waals surface area contributed by atoms with E-state index >= 15 is 0 Å². The highest BCUT2D eigenvalue weighted by atomic mass is 79.9. The van der Waals surface area contributed by atoms with Gasteiger partial charge in [0.1, 0.15) is 17.2 Å². The van der Waals surface area contributed by atoms with Crippen LogP contribution in [0.25, 0.3) is 0 Å². The zero-order chi connectivity index (χ0) is 19.5. The van der Waals surface area contributed by atoms with Crippen LogP contribution < -0.4 is 9.47 Å². The lowest BCUT2D eigenvalue weighted by Gasteiger charge is -2.15. The molecular weight excluding hydrogens is 491 g/mol. The van der Waals surface area contributed by atoms with Gasteiger partial charge < -0.3 is 24.0 Å². The van der Waals surface area contributed by atoms with E-state index in [0.29, 0.717) is 26.2 Å². The van der Waals surface area contributed by atoms with Crippen molar-refractivity contribution < 1.29 is 28.6 Å². The molecule has 0 radical (unpaired) electrons. The molecule has 0 heterocycles. The van der Waals surface area contributed by atoms with Gasteiger partial charge in [0, 0.05) is 12.7 Å². The number of rotatable bonds is 7. The summed E-state index contributed by atoms with van der Waals surface area (Å²) in [6.07, 6.45) is -0.460. The molecular formula is C17H19Br2O6P. The van der Waals surface area contributed by atoms with Crippen LogP contribution in [0.1, 0.15) is 25.3 Å². The van der Waals surface area contributed by atoms with Crippen molar-refractivity contribution in [3.8, 4) is 23.0 Å². The number of aromatic hydroxyl groups is 1. The second-order valence-corrected chi connectivity index (χ2v) is 9.39. The third-order valence-electron chi connectivity index (χ3n) is 3.49. The summed E-state index contributed by atoms with van der Waals surface area (Å²) < 4.78 is 28.4. The van der Waals surface area contributed by atoms with Gasteiger partial charge >= 0.3 is 7.60 Å². The fourth-order valence-corrected chi connectivity index (χ4v) is 3.83. The number of ether oxygens (including phenoxy) is 2. The summed E-state index contributed by atoms with van der Waals surface area (Å²) in [5.41, 5.74) is 0.785. The van der Waals surface area contributed by atoms with E-state index in [2.05, 4.69) is 36.4 Å². The Morgan fingerprint density at radius 1 is 1.12 bits per heavy atom. The molecule has 2 N–H and O–H groups in total. The molecule has 0 aliphatic rings. The van der Waals surface area contributed by atoms with Crippen LogP contribution in [0, 0.1) is 0 Å². The molecule has 2 aromatic rings. The molecule has 142 valence electrons. The maximum Gasteiger partial charge on any atom is 0.364 e. The van der Waals surface area contributed by atoms with Crippen molar-refractivity contribution in [3.05, 3.63) is 44.8 Å². The minimum Gasteiger partial charge on any atom is -0.508 e. The number of phenols is 1. The van der Waals surface area contributed by atoms with Crippen molar-refractivity contribution in [1.82, 2.24) is 0 Å². The summed E-state index contributed by atoms with van der Waals surface area (Å²) >= 11 is 6.82. The van der Waals surface area contributed by atoms with E-state index in [1.165, 1.54) is 0 Å². The number of hydrogen-bond donors (Lipinski definition) is 2. The Kier molecular flexibility index (Phi) is 7.16. The van der Waals surface area contributed by atoms with E-state index < -0.39 is 13.9 Å². The lowest BCUT2D eigenvalue weighted by molar-refractivity contribution is 0.268. The third kappa shape index (κ3) is 5.47. The summed E-state index contributed by atoms with van der Waals surface area (Å²) in [5.74, 6) is 1.82. The molecule has 0 aliphatic carbocycles. The molecule has 1 atom stereocenters. The topological polar surface area (TPSA) is 85.2 Å². The first-order valence-electron chi connectivity index (χ1n) is 7.63. The second-order valence-electron chi connectivity index (χ2n) is 5.79. The smallest absolute Gasteiger partial charge is 0.364 e. The zero-order valence-corrected chi connectivity index (χ0v) is 18.5. The Morgan fingerprint density at radius 2 is 1.73 bits per heavy atom. The Labute approximate surface area is 168 Å². The molecule has 1 unspecified atom stereocenters. The molecule has 9 heteroatoms. The SMILES string of the molecule is COP(=O)(O)COc1cc(Br)c(Oc2ccc(O)c(C(C)C)c2)c(Br)c1. The molecule has 0 amide bonds. The zero-order valence-electron chi connectivity index (χ0n) is 14.4. The van der Waals surface area contributed by atoms with Gasteiger partial charge in [0.2, 0.25) is 0 Å². The Hall–Kier alpha value is -1.05. The van der Waals surface area contributed by atoms with Gasteiger partial charge in [0.05, 0.1) is 8.95 Å². The monoisotopic (exact) mass is 508 g/mol. The average molecular weight is 510 g/mol. The maximum atomic E-state index is 11.5. The molecule has 6 nitrogen and oxygen atoms in total. The van der Waals surface area contributed by atoms with Gasteiger partial charge in [-0.05, 0) is 68.1 Å². The summed E-state index contributed by atoms with van der Waals surface area (Å²) in [6.45, 7) is 3.97. The lowest BCUT2D eigenvalue weighted by atomic mass is 10.0. The first-order valence-corrected chi connectivity index (χ1v) is 11.0. The quantitative estimate of drug-likeness (QED) is 0.445. The Balaban J connectivity index is 2.23. The molecule has 0 saturated heterocycles. The highest BCUT2D eigenvalue weighted by Crippen LogP contribution is 2.44. The highest BCUT2D eigenvalue weighted by molar-refractivity contribution is 9.11. The van der Waals surface area contributed by atoms with Crippen LogP contribution in [0.3, 0.4) is 0 Å². The third-order valence-corrected chi connectivity index (χ3v) is 5.70. The van der Waals surface area contributed by atoms with E-state index in [-0.39, 0.29) is 11.7 Å². The average Bonchev–Trinajstić information content (AvgIpc) is 2.57. The molecule has 0 fully saturated rings. The molecule has 0 bridgehead atoms. The molecule has 2 aromatic carbocycles. The van der Waals surface area contributed by atoms with Gasteiger partial charge in [-0.1, -0.05) is 13.8 Å². The Bertz CT molecular complexity index is 817. The van der Waals surface area contributed by atoms with Crippen LogP contribution in [0.15, 0.2) is 39.3 Å². The van der Waals surface area contributed by atoms with Crippen LogP contribution in [0.4, 0.5) is 0 Å². The van der Waals surface area contributed by atoms with Crippen LogP contribution in [0.5, 0.6) is 23.0 Å². The summed E-state index contributed by atoms with van der Waals surface area (Å²) in [4.78, 5) is 9.41. The first kappa shape index (κ1) is 21.3. The highest BCUT2D eigenvalue weighted by Gasteiger charge is 2.19. The normalized spacial score (nSPS) is 13.5. The van der Waals surface area contributed by atoms with E-state index in [0.717, 1.165) is 12.7 Å². The van der Waals surface area contributed by atoms with Gasteiger partial charge in [0.25, 0.3) is 0 Å². The van der Waals surface area contributed by atoms with Crippen molar-refractivity contribution in [2.24, 2.45) is 0 Å². The van der Waals surface area contributed by atoms with Gasteiger partial charge in [0.15, 0.2) is 12.1 Å². The van der Waals surface area contributed by atoms with Crippen molar-refractivity contribution in [2.45, 2.75) is 19.8 Å². The molecule has 26 heavy (non-hydrogen) atoms. The minimum absolute atomic E-state index is 0.149. The largest absolute Gasteiger partial charge is 0.508 e. The first-order chi connectivity index (χ1) is 12.1. The summed E-state index contributed by atoms with van der Waals surface area (Å²) in [5, 5.41) is 9.92. The molecule has 2 rings (SSSR count). The van der Waals surface area contributed by atoms with Crippen molar-refractivity contribution in [1.29, 1.82) is 0 Å². The van der Waals surface area contributed by atoms with Gasteiger partial charge in [-0.3, -0.25) is 4.57 Å². The van der Waals surface area contributed by atoms with E-state index in [1.54, 1.807) is 30.3 Å². The van der Waals surface area contributed by atoms with Gasteiger partial charge in [-0.2, -0.15) is 0 Å². The Morgan fingerprint density at radius 3 is 2.27 bits per heavy atom. The fraction of sp³-hybridized carbons (Fsp3) is 0.294. The molecule has 0 aliphatic heterocycles. The standard InChI is InChI=1S/C17H19Br2O6P/c1-10(2)13-6-11(4-5-16(13)20)25-17-14(18)7-12(8-15(17)19)24-9-26(21,22)23-3/h4-8,10,20H,9H2,1-3H3,(H,21,22). The number of phenolic OH excluding ortho intramolecular Hbond substituents is 1. The predicted octanol–water partition coefficient (Wildman–Crippen LogP) is 6.00. The van der Waals surface area contributed by atoms with Crippen molar-refractivity contribution in [3.63, 3.8) is 0 Å². The van der Waals surface area contributed by atoms with E-state index in [9.17, 15) is 14.6 Å². The van der Waals surface area contributed by atoms with Crippen LogP contribution in [-0.2, 0) is 9.09 Å². The van der Waals surface area contributed by atoms with Crippen molar-refractivity contribution in [2.75, 3.05) is 13.5 Å². The van der Waals surface area contributed by atoms with Crippen LogP contribution >= 0.6 is 39.5 Å². The number of benzene rings is 2. The second kappa shape index (κ2) is 8.76. The lowest BCUT2D eigenvalue weighted by Crippen LogP contribution is -2.00. The predicted molar refractivity (Wildman–Crippen MR) is 106 cm³/mol. The van der Waals surface area contributed by atoms with Crippen LogP contribution in [-0.4, -0.2) is 23.5 Å². The van der Waals surface area contributed by atoms with E-state index in [1.807, 2.05) is 13.8 Å².